The highest BCUT2D eigenvalue weighted by atomic mass is 16.5. The van der Waals surface area contributed by atoms with Gasteiger partial charge >= 0.3 is 0 Å². The monoisotopic (exact) mass is 249 g/mol. The van der Waals surface area contributed by atoms with Gasteiger partial charge in [-0.05, 0) is 14.0 Å². The molecule has 6 heteroatoms. The van der Waals surface area contributed by atoms with Gasteiger partial charge in [0.25, 0.3) is 0 Å². The summed E-state index contributed by atoms with van der Waals surface area (Å²) in [5.41, 5.74) is 0.997. The van der Waals surface area contributed by atoms with E-state index in [1.165, 1.54) is 0 Å². The summed E-state index contributed by atoms with van der Waals surface area (Å²) in [6.45, 7) is 2.85. The first kappa shape index (κ1) is 12.6. The fourth-order valence-electron chi connectivity index (χ4n) is 2.12. The summed E-state index contributed by atoms with van der Waals surface area (Å²) in [6.07, 6.45) is 5.46. The van der Waals surface area contributed by atoms with Gasteiger partial charge in [0.05, 0.1) is 13.3 Å². The molecule has 0 saturated heterocycles. The summed E-state index contributed by atoms with van der Waals surface area (Å²) in [5, 5.41) is 7.60. The maximum absolute atomic E-state index is 5.39. The zero-order valence-corrected chi connectivity index (χ0v) is 11.2. The summed E-state index contributed by atoms with van der Waals surface area (Å²) >= 11 is 0. The molecular formula is C12H19N5O. The average Bonchev–Trinajstić information content (AvgIpc) is 2.98. The number of ether oxygens (including phenoxy) is 1. The van der Waals surface area contributed by atoms with E-state index in [1.807, 2.05) is 29.5 Å². The summed E-state index contributed by atoms with van der Waals surface area (Å²) in [4.78, 5) is 4.40. The zero-order valence-electron chi connectivity index (χ0n) is 11.2. The molecule has 0 aliphatic carbocycles. The van der Waals surface area contributed by atoms with Crippen LogP contribution < -0.4 is 10.1 Å². The molecule has 1 N–H and O–H groups in total. The molecule has 0 aromatic carbocycles. The highest BCUT2D eigenvalue weighted by Crippen LogP contribution is 2.28. The third kappa shape index (κ3) is 1.99. The van der Waals surface area contributed by atoms with Crippen molar-refractivity contribution in [3.8, 4) is 5.75 Å². The van der Waals surface area contributed by atoms with Crippen LogP contribution in [0.15, 0.2) is 18.6 Å². The molecular weight excluding hydrogens is 230 g/mol. The Kier molecular flexibility index (Phi) is 3.66. The molecule has 0 aliphatic heterocycles. The Balaban J connectivity index is 2.50. The van der Waals surface area contributed by atoms with Crippen molar-refractivity contribution < 1.29 is 4.74 Å². The number of imidazole rings is 1. The van der Waals surface area contributed by atoms with Gasteiger partial charge in [-0.15, -0.1) is 0 Å². The van der Waals surface area contributed by atoms with Gasteiger partial charge in [0.2, 0.25) is 0 Å². The van der Waals surface area contributed by atoms with Crippen LogP contribution in [0.3, 0.4) is 0 Å². The molecule has 0 saturated carbocycles. The Hall–Kier alpha value is -1.82. The summed E-state index contributed by atoms with van der Waals surface area (Å²) in [5.74, 6) is 1.71. The maximum Gasteiger partial charge on any atom is 0.162 e. The van der Waals surface area contributed by atoms with E-state index >= 15 is 0 Å². The van der Waals surface area contributed by atoms with Crippen LogP contribution in [0.4, 0.5) is 0 Å². The van der Waals surface area contributed by atoms with Gasteiger partial charge in [0, 0.05) is 26.0 Å². The largest absolute Gasteiger partial charge is 0.493 e. The van der Waals surface area contributed by atoms with Crippen molar-refractivity contribution in [2.45, 2.75) is 19.5 Å². The van der Waals surface area contributed by atoms with Crippen molar-refractivity contribution in [2.24, 2.45) is 7.05 Å². The van der Waals surface area contributed by atoms with Crippen molar-refractivity contribution in [1.82, 2.24) is 24.6 Å². The van der Waals surface area contributed by atoms with Gasteiger partial charge in [-0.2, -0.15) is 5.10 Å². The number of hydrogen-bond acceptors (Lipinski definition) is 4. The van der Waals surface area contributed by atoms with Crippen LogP contribution in [0.5, 0.6) is 5.75 Å². The molecule has 0 amide bonds. The lowest BCUT2D eigenvalue weighted by atomic mass is 10.1. The number of aromatic nitrogens is 4. The molecule has 1 atom stereocenters. The second kappa shape index (κ2) is 5.22. The molecule has 2 aromatic heterocycles. The molecule has 18 heavy (non-hydrogen) atoms. The van der Waals surface area contributed by atoms with Crippen LogP contribution in [-0.2, 0) is 13.6 Å². The summed E-state index contributed by atoms with van der Waals surface area (Å²) < 4.78 is 9.31. The van der Waals surface area contributed by atoms with Gasteiger partial charge in [-0.25, -0.2) is 4.98 Å². The van der Waals surface area contributed by atoms with E-state index in [4.69, 9.17) is 4.74 Å². The summed E-state index contributed by atoms with van der Waals surface area (Å²) in [7, 11) is 5.54. The zero-order chi connectivity index (χ0) is 13.1. The van der Waals surface area contributed by atoms with E-state index in [-0.39, 0.29) is 6.04 Å². The number of nitrogens with one attached hydrogen (secondary N) is 1. The summed E-state index contributed by atoms with van der Waals surface area (Å²) in [6, 6.07) is -0.0394. The molecule has 0 radical (unpaired) electrons. The Morgan fingerprint density at radius 1 is 1.50 bits per heavy atom. The lowest BCUT2D eigenvalue weighted by molar-refractivity contribution is 0.398. The molecule has 98 valence electrons. The second-order valence-electron chi connectivity index (χ2n) is 4.03. The van der Waals surface area contributed by atoms with Crippen molar-refractivity contribution in [1.29, 1.82) is 0 Å². The number of rotatable bonds is 5. The van der Waals surface area contributed by atoms with E-state index < -0.39 is 0 Å². The van der Waals surface area contributed by atoms with Crippen LogP contribution in [0.2, 0.25) is 0 Å². The van der Waals surface area contributed by atoms with E-state index in [0.717, 1.165) is 23.8 Å². The number of hydrogen-bond donors (Lipinski definition) is 1. The number of aryl methyl sites for hydroxylation is 2. The Morgan fingerprint density at radius 3 is 2.78 bits per heavy atom. The van der Waals surface area contributed by atoms with Crippen molar-refractivity contribution >= 4 is 0 Å². The predicted molar refractivity (Wildman–Crippen MR) is 68.6 cm³/mol. The SMILES string of the molecule is CCn1ncc(OC)c1C(NC)c1nccn1C. The van der Waals surface area contributed by atoms with E-state index in [2.05, 4.69) is 22.3 Å². The molecule has 0 spiro atoms. The fraction of sp³-hybridized carbons (Fsp3) is 0.500. The fourth-order valence-corrected chi connectivity index (χ4v) is 2.12. The van der Waals surface area contributed by atoms with E-state index in [1.54, 1.807) is 19.5 Å². The van der Waals surface area contributed by atoms with Gasteiger partial charge in [0.1, 0.15) is 17.6 Å². The molecule has 2 heterocycles. The first-order valence-electron chi connectivity index (χ1n) is 5.97. The van der Waals surface area contributed by atoms with Crippen LogP contribution in [-0.4, -0.2) is 33.5 Å². The molecule has 2 rings (SSSR count). The lowest BCUT2D eigenvalue weighted by Crippen LogP contribution is -2.24. The van der Waals surface area contributed by atoms with Crippen molar-refractivity contribution in [3.63, 3.8) is 0 Å². The van der Waals surface area contributed by atoms with E-state index in [9.17, 15) is 0 Å². The first-order chi connectivity index (χ1) is 8.72. The average molecular weight is 249 g/mol. The molecule has 0 aliphatic rings. The molecule has 6 nitrogen and oxygen atoms in total. The molecule has 1 unspecified atom stereocenters. The van der Waals surface area contributed by atoms with Crippen molar-refractivity contribution in [3.05, 3.63) is 30.1 Å². The van der Waals surface area contributed by atoms with Crippen LogP contribution in [0.1, 0.15) is 24.5 Å². The highest BCUT2D eigenvalue weighted by Gasteiger charge is 2.24. The number of nitrogens with zero attached hydrogens (tertiary/aromatic N) is 4. The molecule has 0 fully saturated rings. The first-order valence-corrected chi connectivity index (χ1v) is 5.97. The van der Waals surface area contributed by atoms with Gasteiger partial charge in [-0.3, -0.25) is 4.68 Å². The molecule has 0 bridgehead atoms. The minimum absolute atomic E-state index is 0.0394. The molecule has 2 aromatic rings. The van der Waals surface area contributed by atoms with Crippen LogP contribution >= 0.6 is 0 Å². The van der Waals surface area contributed by atoms with Gasteiger partial charge < -0.3 is 14.6 Å². The van der Waals surface area contributed by atoms with E-state index in [0.29, 0.717) is 0 Å². The van der Waals surface area contributed by atoms with Gasteiger partial charge in [0.15, 0.2) is 5.75 Å². The topological polar surface area (TPSA) is 56.9 Å². The smallest absolute Gasteiger partial charge is 0.162 e. The minimum Gasteiger partial charge on any atom is -0.493 e. The quantitative estimate of drug-likeness (QED) is 0.857. The highest BCUT2D eigenvalue weighted by molar-refractivity contribution is 5.32. The Bertz CT molecular complexity index is 495. The second-order valence-corrected chi connectivity index (χ2v) is 4.03. The Morgan fingerprint density at radius 2 is 2.28 bits per heavy atom. The normalized spacial score (nSPS) is 12.7. The third-order valence-electron chi connectivity index (χ3n) is 3.04. The van der Waals surface area contributed by atoms with Crippen LogP contribution in [0.25, 0.3) is 0 Å². The van der Waals surface area contributed by atoms with Crippen LogP contribution in [0, 0.1) is 0 Å². The number of methoxy groups -OCH3 is 1. The Labute approximate surface area is 107 Å². The lowest BCUT2D eigenvalue weighted by Gasteiger charge is -2.18. The third-order valence-corrected chi connectivity index (χ3v) is 3.04. The standard InChI is InChI=1S/C12H19N5O/c1-5-17-11(9(18-4)8-15-17)10(13-2)12-14-6-7-16(12)3/h6-8,10,13H,5H2,1-4H3. The van der Waals surface area contributed by atoms with Crippen molar-refractivity contribution in [2.75, 3.05) is 14.2 Å². The minimum atomic E-state index is -0.0394. The maximum atomic E-state index is 5.39. The van der Waals surface area contributed by atoms with Gasteiger partial charge in [-0.1, -0.05) is 0 Å². The predicted octanol–water partition coefficient (Wildman–Crippen LogP) is 0.954.